The van der Waals surface area contributed by atoms with Crippen molar-refractivity contribution in [2.75, 3.05) is 0 Å². The zero-order chi connectivity index (χ0) is 13.2. The van der Waals surface area contributed by atoms with E-state index < -0.39 is 0 Å². The second-order valence-corrected chi connectivity index (χ2v) is 4.89. The molecule has 0 aliphatic carbocycles. The van der Waals surface area contributed by atoms with Gasteiger partial charge in [-0.25, -0.2) is 0 Å². The summed E-state index contributed by atoms with van der Waals surface area (Å²) < 4.78 is 11.3. The van der Waals surface area contributed by atoms with E-state index in [1.165, 1.54) is 0 Å². The number of para-hydroxylation sites is 1. The maximum atomic E-state index is 5.93. The van der Waals surface area contributed by atoms with Crippen LogP contribution in [0.15, 0.2) is 53.1 Å². The Morgan fingerprint density at radius 1 is 1.16 bits per heavy atom. The first-order chi connectivity index (χ1) is 9.24. The zero-order valence-electron chi connectivity index (χ0n) is 10.5. The molecule has 0 radical (unpaired) electrons. The summed E-state index contributed by atoms with van der Waals surface area (Å²) in [7, 11) is 0. The number of furan rings is 1. The third-order valence-corrected chi connectivity index (χ3v) is 3.33. The summed E-state index contributed by atoms with van der Waals surface area (Å²) in [4.78, 5) is 0. The minimum absolute atomic E-state index is 0.486. The molecule has 0 atom stereocenters. The van der Waals surface area contributed by atoms with Gasteiger partial charge in [-0.3, -0.25) is 0 Å². The van der Waals surface area contributed by atoms with E-state index in [4.69, 9.17) is 20.8 Å². The third kappa shape index (κ3) is 2.45. The van der Waals surface area contributed by atoms with Gasteiger partial charge in [-0.2, -0.15) is 0 Å². The molecule has 3 aromatic rings. The van der Waals surface area contributed by atoms with E-state index in [-0.39, 0.29) is 0 Å². The van der Waals surface area contributed by atoms with Crippen molar-refractivity contribution in [3.8, 4) is 5.75 Å². The molecule has 0 N–H and O–H groups in total. The molecule has 3 rings (SSSR count). The summed E-state index contributed by atoms with van der Waals surface area (Å²) in [6, 6.07) is 13.6. The number of fused-ring (bicyclic) bond motifs is 1. The minimum atomic E-state index is 0.486. The van der Waals surface area contributed by atoms with Crippen LogP contribution in [0, 0.1) is 6.92 Å². The Kier molecular flexibility index (Phi) is 3.18. The number of halogens is 1. The lowest BCUT2D eigenvalue weighted by Gasteiger charge is -2.07. The van der Waals surface area contributed by atoms with Crippen LogP contribution in [0.5, 0.6) is 5.75 Å². The normalized spacial score (nSPS) is 10.8. The highest BCUT2D eigenvalue weighted by Gasteiger charge is 2.07. The molecular weight excluding hydrogens is 260 g/mol. The first kappa shape index (κ1) is 12.1. The van der Waals surface area contributed by atoms with E-state index in [1.807, 2.05) is 49.4 Å². The fourth-order valence-corrected chi connectivity index (χ4v) is 2.20. The van der Waals surface area contributed by atoms with E-state index in [2.05, 4.69) is 0 Å². The Morgan fingerprint density at radius 3 is 2.84 bits per heavy atom. The summed E-state index contributed by atoms with van der Waals surface area (Å²) in [6.45, 7) is 2.52. The van der Waals surface area contributed by atoms with Crippen molar-refractivity contribution < 1.29 is 9.15 Å². The quantitative estimate of drug-likeness (QED) is 0.671. The van der Waals surface area contributed by atoms with Gasteiger partial charge in [-0.1, -0.05) is 29.8 Å². The molecule has 0 aliphatic heterocycles. The van der Waals surface area contributed by atoms with Crippen molar-refractivity contribution in [1.29, 1.82) is 0 Å². The standard InChI is InChI=1S/C16H13ClO2/c1-11-4-2-3-5-15(11)18-9-12-10-19-16-8-13(17)6-7-14(12)16/h2-8,10H,9H2,1H3. The van der Waals surface area contributed by atoms with Crippen molar-refractivity contribution in [3.05, 3.63) is 64.9 Å². The fourth-order valence-electron chi connectivity index (χ4n) is 2.04. The van der Waals surface area contributed by atoms with Gasteiger partial charge in [0.05, 0.1) is 6.26 Å². The molecule has 2 nitrogen and oxygen atoms in total. The van der Waals surface area contributed by atoms with Gasteiger partial charge in [-0.15, -0.1) is 0 Å². The lowest BCUT2D eigenvalue weighted by molar-refractivity contribution is 0.304. The number of benzene rings is 2. The number of aryl methyl sites for hydroxylation is 1. The van der Waals surface area contributed by atoms with Crippen LogP contribution in [-0.2, 0) is 6.61 Å². The molecule has 0 saturated carbocycles. The Morgan fingerprint density at radius 2 is 2.00 bits per heavy atom. The summed E-state index contributed by atoms with van der Waals surface area (Å²) >= 11 is 5.93. The molecule has 1 aromatic heterocycles. The monoisotopic (exact) mass is 272 g/mol. The lowest BCUT2D eigenvalue weighted by atomic mass is 10.2. The van der Waals surface area contributed by atoms with Gasteiger partial charge in [0.15, 0.2) is 0 Å². The third-order valence-electron chi connectivity index (χ3n) is 3.09. The largest absolute Gasteiger partial charge is 0.488 e. The van der Waals surface area contributed by atoms with Gasteiger partial charge < -0.3 is 9.15 Å². The molecular formula is C16H13ClO2. The highest BCUT2D eigenvalue weighted by Crippen LogP contribution is 2.26. The first-order valence-electron chi connectivity index (χ1n) is 6.08. The summed E-state index contributed by atoms with van der Waals surface area (Å²) in [5.41, 5.74) is 2.93. The van der Waals surface area contributed by atoms with Crippen LogP contribution < -0.4 is 4.74 Å². The molecule has 0 fully saturated rings. The van der Waals surface area contributed by atoms with Crippen molar-refractivity contribution in [3.63, 3.8) is 0 Å². The van der Waals surface area contributed by atoms with Crippen LogP contribution in [0.2, 0.25) is 5.02 Å². The van der Waals surface area contributed by atoms with E-state index in [0.717, 1.165) is 27.8 Å². The predicted octanol–water partition coefficient (Wildman–Crippen LogP) is 4.97. The van der Waals surface area contributed by atoms with Crippen LogP contribution in [0.3, 0.4) is 0 Å². The molecule has 0 amide bonds. The predicted molar refractivity (Wildman–Crippen MR) is 76.7 cm³/mol. The van der Waals surface area contributed by atoms with E-state index in [0.29, 0.717) is 11.6 Å². The molecule has 2 aromatic carbocycles. The summed E-state index contributed by atoms with van der Waals surface area (Å²) in [6.07, 6.45) is 1.72. The summed E-state index contributed by atoms with van der Waals surface area (Å²) in [5.74, 6) is 0.894. The molecule has 0 saturated heterocycles. The topological polar surface area (TPSA) is 22.4 Å². The van der Waals surface area contributed by atoms with Crippen LogP contribution in [0.4, 0.5) is 0 Å². The Labute approximate surface area is 116 Å². The van der Waals surface area contributed by atoms with Gasteiger partial charge in [0.25, 0.3) is 0 Å². The van der Waals surface area contributed by atoms with Crippen molar-refractivity contribution in [2.24, 2.45) is 0 Å². The lowest BCUT2D eigenvalue weighted by Crippen LogP contribution is -1.95. The number of hydrogen-bond acceptors (Lipinski definition) is 2. The first-order valence-corrected chi connectivity index (χ1v) is 6.46. The van der Waals surface area contributed by atoms with E-state index >= 15 is 0 Å². The zero-order valence-corrected chi connectivity index (χ0v) is 11.3. The van der Waals surface area contributed by atoms with Gasteiger partial charge in [0.2, 0.25) is 0 Å². The minimum Gasteiger partial charge on any atom is -0.488 e. The fraction of sp³-hybridized carbons (Fsp3) is 0.125. The SMILES string of the molecule is Cc1ccccc1OCc1coc2cc(Cl)ccc12. The second-order valence-electron chi connectivity index (χ2n) is 4.46. The van der Waals surface area contributed by atoms with Gasteiger partial charge >= 0.3 is 0 Å². The van der Waals surface area contributed by atoms with Gasteiger partial charge in [0, 0.05) is 16.0 Å². The Hall–Kier alpha value is -1.93. The molecule has 1 heterocycles. The van der Waals surface area contributed by atoms with E-state index in [9.17, 15) is 0 Å². The number of hydrogen-bond donors (Lipinski definition) is 0. The summed E-state index contributed by atoms with van der Waals surface area (Å²) in [5, 5.41) is 1.71. The van der Waals surface area contributed by atoms with E-state index in [1.54, 1.807) is 6.26 Å². The molecule has 0 spiro atoms. The average Bonchev–Trinajstić information content (AvgIpc) is 2.80. The average molecular weight is 273 g/mol. The molecule has 0 unspecified atom stereocenters. The second kappa shape index (κ2) is 4.98. The van der Waals surface area contributed by atoms with Crippen LogP contribution >= 0.6 is 11.6 Å². The Balaban J connectivity index is 1.84. The molecule has 3 heteroatoms. The van der Waals surface area contributed by atoms with Crippen LogP contribution in [0.25, 0.3) is 11.0 Å². The number of ether oxygens (including phenoxy) is 1. The Bertz CT molecular complexity index is 716. The van der Waals surface area contributed by atoms with Crippen LogP contribution in [-0.4, -0.2) is 0 Å². The van der Waals surface area contributed by atoms with Crippen molar-refractivity contribution in [1.82, 2.24) is 0 Å². The smallest absolute Gasteiger partial charge is 0.135 e. The highest BCUT2D eigenvalue weighted by molar-refractivity contribution is 6.31. The van der Waals surface area contributed by atoms with Gasteiger partial charge in [-0.05, 0) is 36.8 Å². The maximum Gasteiger partial charge on any atom is 0.135 e. The molecule has 96 valence electrons. The molecule has 19 heavy (non-hydrogen) atoms. The van der Waals surface area contributed by atoms with Gasteiger partial charge in [0.1, 0.15) is 17.9 Å². The molecule has 0 aliphatic rings. The molecule has 0 bridgehead atoms. The number of rotatable bonds is 3. The van der Waals surface area contributed by atoms with Crippen molar-refractivity contribution >= 4 is 22.6 Å². The highest BCUT2D eigenvalue weighted by atomic mass is 35.5. The van der Waals surface area contributed by atoms with Crippen molar-refractivity contribution in [2.45, 2.75) is 13.5 Å². The maximum absolute atomic E-state index is 5.93. The van der Waals surface area contributed by atoms with Crippen LogP contribution in [0.1, 0.15) is 11.1 Å².